The summed E-state index contributed by atoms with van der Waals surface area (Å²) in [6.07, 6.45) is 0.276. The van der Waals surface area contributed by atoms with E-state index in [0.717, 1.165) is 16.7 Å². The van der Waals surface area contributed by atoms with Crippen molar-refractivity contribution >= 4 is 29.2 Å². The highest BCUT2D eigenvalue weighted by molar-refractivity contribution is 6.30. The molecule has 0 spiro atoms. The number of aliphatic hydroxyl groups excluding tert-OH is 1. The van der Waals surface area contributed by atoms with Crippen molar-refractivity contribution in [2.45, 2.75) is 39.2 Å². The molecule has 0 aliphatic rings. The maximum Gasteiger partial charge on any atom is 0.347 e. The standard InChI is InChI=1S/C24H29ClN2O5/c1-3-31-23(30)15-32-27-24(26)20(12-17-4-8-19(9-5-17)16(2)28)14-22(29)13-18-6-10-21(25)11-7-18/h4-11,16,20,28H,3,12-15H2,1-2H3,(H2,26,27)/t16?,20-/m1/s1. The molecule has 2 rings (SSSR count). The Kier molecular flexibility index (Phi) is 10.2. The minimum Gasteiger partial charge on any atom is -0.463 e. The lowest BCUT2D eigenvalue weighted by atomic mass is 9.91. The zero-order valence-corrected chi connectivity index (χ0v) is 19.0. The molecule has 0 aromatic heterocycles. The topological polar surface area (TPSA) is 111 Å². The fourth-order valence-electron chi connectivity index (χ4n) is 3.11. The first-order valence-corrected chi connectivity index (χ1v) is 10.8. The second-order valence-corrected chi connectivity index (χ2v) is 7.90. The van der Waals surface area contributed by atoms with Gasteiger partial charge >= 0.3 is 5.97 Å². The van der Waals surface area contributed by atoms with Crippen molar-refractivity contribution in [2.24, 2.45) is 16.8 Å². The van der Waals surface area contributed by atoms with Gasteiger partial charge in [-0.2, -0.15) is 0 Å². The van der Waals surface area contributed by atoms with Crippen LogP contribution in [-0.4, -0.2) is 35.9 Å². The van der Waals surface area contributed by atoms with E-state index in [9.17, 15) is 14.7 Å². The van der Waals surface area contributed by atoms with Crippen molar-refractivity contribution < 1.29 is 24.3 Å². The third-order valence-corrected chi connectivity index (χ3v) is 5.06. The molecule has 2 aromatic carbocycles. The molecule has 8 heteroatoms. The molecule has 0 aliphatic heterocycles. The van der Waals surface area contributed by atoms with Crippen LogP contribution >= 0.6 is 11.6 Å². The predicted molar refractivity (Wildman–Crippen MR) is 123 cm³/mol. The first-order valence-electron chi connectivity index (χ1n) is 10.4. The number of rotatable bonds is 12. The second kappa shape index (κ2) is 12.8. The molecular formula is C24H29ClN2O5. The molecule has 0 heterocycles. The number of nitrogens with two attached hydrogens (primary N) is 1. The Bertz CT molecular complexity index is 911. The van der Waals surface area contributed by atoms with E-state index >= 15 is 0 Å². The number of Topliss-reactive ketones (excluding diaryl/α,β-unsaturated/α-hetero) is 1. The first kappa shape index (κ1) is 25.4. The lowest BCUT2D eigenvalue weighted by Gasteiger charge is -2.16. The number of esters is 1. The van der Waals surface area contributed by atoms with Gasteiger partial charge in [0.1, 0.15) is 11.6 Å². The van der Waals surface area contributed by atoms with Gasteiger partial charge in [0.2, 0.25) is 6.61 Å². The van der Waals surface area contributed by atoms with Crippen molar-refractivity contribution in [2.75, 3.05) is 13.2 Å². The van der Waals surface area contributed by atoms with Crippen LogP contribution in [0.4, 0.5) is 0 Å². The summed E-state index contributed by atoms with van der Waals surface area (Å²) in [6.45, 7) is 3.27. The second-order valence-electron chi connectivity index (χ2n) is 7.46. The van der Waals surface area contributed by atoms with Gasteiger partial charge in [-0.05, 0) is 49.1 Å². The van der Waals surface area contributed by atoms with Crippen LogP contribution in [0.3, 0.4) is 0 Å². The van der Waals surface area contributed by atoms with Crippen LogP contribution in [0.5, 0.6) is 0 Å². The average molecular weight is 461 g/mol. The number of ketones is 1. The number of carbonyl (C=O) groups is 2. The Labute approximate surface area is 193 Å². The zero-order chi connectivity index (χ0) is 23.5. The molecule has 0 radical (unpaired) electrons. The molecule has 172 valence electrons. The molecule has 3 N–H and O–H groups in total. The maximum absolute atomic E-state index is 12.7. The lowest BCUT2D eigenvalue weighted by molar-refractivity contribution is -0.148. The van der Waals surface area contributed by atoms with Gasteiger partial charge in [0.25, 0.3) is 0 Å². The van der Waals surface area contributed by atoms with Gasteiger partial charge in [0, 0.05) is 23.8 Å². The molecule has 32 heavy (non-hydrogen) atoms. The van der Waals surface area contributed by atoms with Crippen LogP contribution in [0.1, 0.15) is 43.1 Å². The Morgan fingerprint density at radius 3 is 2.31 bits per heavy atom. The molecule has 0 aliphatic carbocycles. The van der Waals surface area contributed by atoms with Crippen LogP contribution in [0.2, 0.25) is 5.02 Å². The van der Waals surface area contributed by atoms with Crippen LogP contribution in [0.15, 0.2) is 53.7 Å². The van der Waals surface area contributed by atoms with Crippen LogP contribution in [0.25, 0.3) is 0 Å². The fourth-order valence-corrected chi connectivity index (χ4v) is 3.24. The smallest absolute Gasteiger partial charge is 0.347 e. The summed E-state index contributed by atoms with van der Waals surface area (Å²) in [5.74, 6) is -0.859. The molecular weight excluding hydrogens is 432 g/mol. The Hall–Kier alpha value is -2.90. The lowest BCUT2D eigenvalue weighted by Crippen LogP contribution is -2.29. The molecule has 2 atom stereocenters. The summed E-state index contributed by atoms with van der Waals surface area (Å²) in [7, 11) is 0. The summed E-state index contributed by atoms with van der Waals surface area (Å²) in [5.41, 5.74) is 8.71. The highest BCUT2D eigenvalue weighted by Crippen LogP contribution is 2.19. The maximum atomic E-state index is 12.7. The highest BCUT2D eigenvalue weighted by atomic mass is 35.5. The number of aliphatic hydroxyl groups is 1. The number of nitrogens with zero attached hydrogens (tertiary/aromatic N) is 1. The molecule has 0 fully saturated rings. The number of amidine groups is 1. The number of oxime groups is 1. The number of hydrogen-bond donors (Lipinski definition) is 2. The predicted octanol–water partition coefficient (Wildman–Crippen LogP) is 3.61. The van der Waals surface area contributed by atoms with Crippen molar-refractivity contribution in [1.82, 2.24) is 0 Å². The van der Waals surface area contributed by atoms with E-state index in [1.54, 1.807) is 26.0 Å². The van der Waals surface area contributed by atoms with E-state index in [1.807, 2.05) is 36.4 Å². The van der Waals surface area contributed by atoms with Gasteiger partial charge in [0.15, 0.2) is 0 Å². The average Bonchev–Trinajstić information content (AvgIpc) is 2.75. The van der Waals surface area contributed by atoms with Crippen LogP contribution in [0, 0.1) is 5.92 Å². The monoisotopic (exact) mass is 460 g/mol. The van der Waals surface area contributed by atoms with E-state index in [4.69, 9.17) is 26.9 Å². The molecule has 0 bridgehead atoms. The number of hydrogen-bond acceptors (Lipinski definition) is 6. The fraction of sp³-hybridized carbons (Fsp3) is 0.375. The van der Waals surface area contributed by atoms with E-state index in [0.29, 0.717) is 11.4 Å². The third kappa shape index (κ3) is 8.69. The van der Waals surface area contributed by atoms with Gasteiger partial charge in [-0.1, -0.05) is 53.2 Å². The van der Waals surface area contributed by atoms with E-state index in [1.165, 1.54) is 0 Å². The van der Waals surface area contributed by atoms with Gasteiger partial charge in [0.05, 0.1) is 12.7 Å². The van der Waals surface area contributed by atoms with Gasteiger partial charge in [-0.3, -0.25) is 4.79 Å². The number of carbonyl (C=O) groups excluding carboxylic acids is 2. The summed E-state index contributed by atoms with van der Waals surface area (Å²) in [6, 6.07) is 14.5. The summed E-state index contributed by atoms with van der Waals surface area (Å²) in [4.78, 5) is 29.2. The largest absolute Gasteiger partial charge is 0.463 e. The van der Waals surface area contributed by atoms with Gasteiger partial charge in [-0.15, -0.1) is 0 Å². The van der Waals surface area contributed by atoms with Crippen molar-refractivity contribution in [1.29, 1.82) is 0 Å². The van der Waals surface area contributed by atoms with Crippen molar-refractivity contribution in [3.8, 4) is 0 Å². The third-order valence-electron chi connectivity index (χ3n) is 4.81. The summed E-state index contributed by atoms with van der Waals surface area (Å²) < 4.78 is 4.79. The molecule has 0 saturated carbocycles. The van der Waals surface area contributed by atoms with Crippen LogP contribution < -0.4 is 5.73 Å². The SMILES string of the molecule is CCOC(=O)CO/N=C(\N)[C@@H](CC(=O)Cc1ccc(Cl)cc1)Cc1ccc(C(C)O)cc1. The normalized spacial score (nSPS) is 13.3. The number of benzene rings is 2. The minimum absolute atomic E-state index is 0.0125. The van der Waals surface area contributed by atoms with Crippen molar-refractivity contribution in [3.05, 3.63) is 70.2 Å². The van der Waals surface area contributed by atoms with E-state index in [-0.39, 0.29) is 37.7 Å². The quantitative estimate of drug-likeness (QED) is 0.216. The Morgan fingerprint density at radius 2 is 1.72 bits per heavy atom. The minimum atomic E-state index is -0.566. The molecule has 0 amide bonds. The number of halogens is 1. The highest BCUT2D eigenvalue weighted by Gasteiger charge is 2.20. The molecule has 7 nitrogen and oxygen atoms in total. The van der Waals surface area contributed by atoms with Crippen molar-refractivity contribution in [3.63, 3.8) is 0 Å². The van der Waals surface area contributed by atoms with Crippen LogP contribution in [-0.2, 0) is 32.0 Å². The number of ether oxygens (including phenoxy) is 1. The summed E-state index contributed by atoms with van der Waals surface area (Å²) in [5, 5.41) is 14.1. The van der Waals surface area contributed by atoms with E-state index in [2.05, 4.69) is 5.16 Å². The first-order chi connectivity index (χ1) is 15.3. The Balaban J connectivity index is 2.10. The molecule has 1 unspecified atom stereocenters. The molecule has 2 aromatic rings. The molecule has 0 saturated heterocycles. The van der Waals surface area contributed by atoms with Gasteiger partial charge < -0.3 is 20.4 Å². The Morgan fingerprint density at radius 1 is 1.09 bits per heavy atom. The zero-order valence-electron chi connectivity index (χ0n) is 18.3. The summed E-state index contributed by atoms with van der Waals surface area (Å²) >= 11 is 5.91. The van der Waals surface area contributed by atoms with E-state index < -0.39 is 18.0 Å². The van der Waals surface area contributed by atoms with Gasteiger partial charge in [-0.25, -0.2) is 4.79 Å².